The number of nitrogens with one attached hydrogen (secondary N) is 1. The predicted octanol–water partition coefficient (Wildman–Crippen LogP) is 1.64. The molecule has 0 radical (unpaired) electrons. The number of amides is 1. The Morgan fingerprint density at radius 1 is 1.53 bits per heavy atom. The molecule has 1 fully saturated rings. The van der Waals surface area contributed by atoms with Gasteiger partial charge in [0.2, 0.25) is 5.82 Å². The van der Waals surface area contributed by atoms with Crippen molar-refractivity contribution in [3.63, 3.8) is 0 Å². The van der Waals surface area contributed by atoms with Crippen LogP contribution in [0.25, 0.3) is 0 Å². The number of nitro groups is 1. The van der Waals surface area contributed by atoms with Gasteiger partial charge in [-0.05, 0) is 24.8 Å². The summed E-state index contributed by atoms with van der Waals surface area (Å²) >= 11 is 0. The first kappa shape index (κ1) is 13.3. The summed E-state index contributed by atoms with van der Waals surface area (Å²) in [7, 11) is 0. The van der Waals surface area contributed by atoms with Gasteiger partial charge in [0.1, 0.15) is 5.75 Å². The number of ether oxygens (including phenoxy) is 1. The number of hydrogen-bond acceptors (Lipinski definition) is 4. The van der Waals surface area contributed by atoms with E-state index in [0.29, 0.717) is 12.5 Å². The van der Waals surface area contributed by atoms with Crippen molar-refractivity contribution in [1.29, 1.82) is 0 Å². The van der Waals surface area contributed by atoms with Crippen LogP contribution in [-0.2, 0) is 4.79 Å². The Kier molecular flexibility index (Phi) is 3.94. The predicted molar refractivity (Wildman–Crippen MR) is 64.3 cm³/mol. The summed E-state index contributed by atoms with van der Waals surface area (Å²) in [5.74, 6) is -0.614. The van der Waals surface area contributed by atoms with Crippen molar-refractivity contribution in [2.75, 3.05) is 13.2 Å². The van der Waals surface area contributed by atoms with Gasteiger partial charge in [-0.1, -0.05) is 0 Å². The maximum atomic E-state index is 13.3. The standard InChI is InChI=1S/C12H13FN2O4/c13-10-5-9(3-4-11(10)15(17)18)19-7-12(16)14-6-8-1-2-8/h3-5,8H,1-2,6-7H2,(H,14,16). The maximum Gasteiger partial charge on any atom is 0.305 e. The van der Waals surface area contributed by atoms with E-state index in [4.69, 9.17) is 4.74 Å². The van der Waals surface area contributed by atoms with Crippen molar-refractivity contribution in [3.8, 4) is 5.75 Å². The zero-order chi connectivity index (χ0) is 13.8. The molecule has 102 valence electrons. The van der Waals surface area contributed by atoms with Gasteiger partial charge < -0.3 is 10.1 Å². The van der Waals surface area contributed by atoms with Gasteiger partial charge in [0, 0.05) is 18.7 Å². The molecule has 1 aliphatic carbocycles. The van der Waals surface area contributed by atoms with E-state index in [1.54, 1.807) is 0 Å². The highest BCUT2D eigenvalue weighted by molar-refractivity contribution is 5.77. The molecule has 1 aromatic rings. The summed E-state index contributed by atoms with van der Waals surface area (Å²) in [5.41, 5.74) is -0.620. The third-order valence-electron chi connectivity index (χ3n) is 2.77. The van der Waals surface area contributed by atoms with E-state index in [1.165, 1.54) is 6.07 Å². The molecule has 1 aliphatic rings. The Hall–Kier alpha value is -2.18. The number of hydrogen-bond donors (Lipinski definition) is 1. The second-order valence-electron chi connectivity index (χ2n) is 4.41. The molecule has 1 aromatic carbocycles. The number of carbonyl (C=O) groups is 1. The summed E-state index contributed by atoms with van der Waals surface area (Å²) < 4.78 is 18.3. The smallest absolute Gasteiger partial charge is 0.305 e. The normalized spacial score (nSPS) is 13.9. The first-order valence-electron chi connectivity index (χ1n) is 5.89. The molecular weight excluding hydrogens is 255 g/mol. The lowest BCUT2D eigenvalue weighted by molar-refractivity contribution is -0.387. The lowest BCUT2D eigenvalue weighted by Gasteiger charge is -2.07. The molecule has 6 nitrogen and oxygen atoms in total. The van der Waals surface area contributed by atoms with Gasteiger partial charge in [-0.2, -0.15) is 4.39 Å². The third kappa shape index (κ3) is 3.90. The molecule has 0 aromatic heterocycles. The van der Waals surface area contributed by atoms with Crippen molar-refractivity contribution >= 4 is 11.6 Å². The van der Waals surface area contributed by atoms with Crippen LogP contribution in [0.1, 0.15) is 12.8 Å². The number of benzene rings is 1. The van der Waals surface area contributed by atoms with Crippen LogP contribution in [0.3, 0.4) is 0 Å². The van der Waals surface area contributed by atoms with Crippen molar-refractivity contribution in [3.05, 3.63) is 34.1 Å². The molecule has 0 unspecified atom stereocenters. The molecule has 1 saturated carbocycles. The molecule has 2 rings (SSSR count). The highest BCUT2D eigenvalue weighted by atomic mass is 19.1. The van der Waals surface area contributed by atoms with Crippen LogP contribution < -0.4 is 10.1 Å². The van der Waals surface area contributed by atoms with Crippen molar-refractivity contribution in [2.45, 2.75) is 12.8 Å². The number of nitro benzene ring substituents is 1. The van der Waals surface area contributed by atoms with E-state index in [2.05, 4.69) is 5.32 Å². The first-order chi connectivity index (χ1) is 9.06. The number of nitrogens with zero attached hydrogens (tertiary/aromatic N) is 1. The average molecular weight is 268 g/mol. The third-order valence-corrected chi connectivity index (χ3v) is 2.77. The van der Waals surface area contributed by atoms with E-state index in [-0.39, 0.29) is 18.3 Å². The quantitative estimate of drug-likeness (QED) is 0.628. The fraction of sp³-hybridized carbons (Fsp3) is 0.417. The van der Waals surface area contributed by atoms with E-state index >= 15 is 0 Å². The first-order valence-corrected chi connectivity index (χ1v) is 5.89. The van der Waals surface area contributed by atoms with E-state index in [1.807, 2.05) is 0 Å². The van der Waals surface area contributed by atoms with Crippen molar-refractivity contribution in [1.82, 2.24) is 5.32 Å². The lowest BCUT2D eigenvalue weighted by Crippen LogP contribution is -2.30. The van der Waals surface area contributed by atoms with Crippen molar-refractivity contribution in [2.24, 2.45) is 5.92 Å². The van der Waals surface area contributed by atoms with Crippen LogP contribution in [0, 0.1) is 21.8 Å². The molecule has 0 aliphatic heterocycles. The van der Waals surface area contributed by atoms with Crippen LogP contribution in [0.4, 0.5) is 10.1 Å². The Morgan fingerprint density at radius 2 is 2.26 bits per heavy atom. The lowest BCUT2D eigenvalue weighted by atomic mass is 10.3. The average Bonchev–Trinajstić information content (AvgIpc) is 3.17. The molecule has 1 amide bonds. The van der Waals surface area contributed by atoms with Crippen LogP contribution in [-0.4, -0.2) is 24.0 Å². The van der Waals surface area contributed by atoms with Gasteiger partial charge in [-0.15, -0.1) is 0 Å². The Balaban J connectivity index is 1.83. The zero-order valence-corrected chi connectivity index (χ0v) is 10.1. The summed E-state index contributed by atoms with van der Waals surface area (Å²) in [6.45, 7) is 0.404. The van der Waals surface area contributed by atoms with Gasteiger partial charge in [-0.25, -0.2) is 0 Å². The van der Waals surface area contributed by atoms with Crippen LogP contribution >= 0.6 is 0 Å². The molecular formula is C12H13FN2O4. The number of carbonyl (C=O) groups excluding carboxylic acids is 1. The Labute approximate surface area is 108 Å². The summed E-state index contributed by atoms with van der Waals surface area (Å²) in [6, 6.07) is 3.16. The second kappa shape index (κ2) is 5.64. The van der Waals surface area contributed by atoms with Gasteiger partial charge in [-0.3, -0.25) is 14.9 Å². The van der Waals surface area contributed by atoms with Gasteiger partial charge >= 0.3 is 5.69 Å². The molecule has 0 heterocycles. The molecule has 19 heavy (non-hydrogen) atoms. The second-order valence-corrected chi connectivity index (χ2v) is 4.41. The molecule has 0 bridgehead atoms. The number of rotatable bonds is 6. The maximum absolute atomic E-state index is 13.3. The topological polar surface area (TPSA) is 81.5 Å². The molecule has 0 spiro atoms. The van der Waals surface area contributed by atoms with Crippen LogP contribution in [0.5, 0.6) is 5.75 Å². The van der Waals surface area contributed by atoms with Gasteiger partial charge in [0.15, 0.2) is 6.61 Å². The molecule has 0 atom stereocenters. The summed E-state index contributed by atoms with van der Waals surface area (Å²) in [4.78, 5) is 21.0. The summed E-state index contributed by atoms with van der Waals surface area (Å²) in [6.07, 6.45) is 2.27. The zero-order valence-electron chi connectivity index (χ0n) is 10.1. The molecule has 0 saturated heterocycles. The van der Waals surface area contributed by atoms with E-state index < -0.39 is 16.4 Å². The largest absolute Gasteiger partial charge is 0.484 e. The highest BCUT2D eigenvalue weighted by Gasteiger charge is 2.21. The monoisotopic (exact) mass is 268 g/mol. The highest BCUT2D eigenvalue weighted by Crippen LogP contribution is 2.27. The summed E-state index contributed by atoms with van der Waals surface area (Å²) in [5, 5.41) is 13.1. The Morgan fingerprint density at radius 3 is 2.84 bits per heavy atom. The van der Waals surface area contributed by atoms with Crippen LogP contribution in [0.15, 0.2) is 18.2 Å². The van der Waals surface area contributed by atoms with E-state index in [9.17, 15) is 19.3 Å². The minimum Gasteiger partial charge on any atom is -0.484 e. The molecule has 7 heteroatoms. The molecule has 1 N–H and O–H groups in total. The fourth-order valence-corrected chi connectivity index (χ4v) is 1.51. The fourth-order valence-electron chi connectivity index (χ4n) is 1.51. The van der Waals surface area contributed by atoms with E-state index in [0.717, 1.165) is 25.0 Å². The minimum absolute atomic E-state index is 0.0877. The van der Waals surface area contributed by atoms with Gasteiger partial charge in [0.25, 0.3) is 5.91 Å². The van der Waals surface area contributed by atoms with Crippen molar-refractivity contribution < 1.29 is 18.8 Å². The van der Waals surface area contributed by atoms with Crippen LogP contribution in [0.2, 0.25) is 0 Å². The van der Waals surface area contributed by atoms with Gasteiger partial charge in [0.05, 0.1) is 4.92 Å². The number of halogens is 1. The Bertz CT molecular complexity index is 503. The minimum atomic E-state index is -0.985. The SMILES string of the molecule is O=C(COc1ccc([N+](=O)[O-])c(F)c1)NCC1CC1.